The Labute approximate surface area is 131 Å². The minimum absolute atomic E-state index is 0.269. The van der Waals surface area contributed by atoms with Gasteiger partial charge in [-0.3, -0.25) is 4.79 Å². The van der Waals surface area contributed by atoms with Gasteiger partial charge >= 0.3 is 5.97 Å². The van der Waals surface area contributed by atoms with Crippen LogP contribution in [0.1, 0.15) is 67.2 Å². The van der Waals surface area contributed by atoms with Crippen LogP contribution < -0.4 is 0 Å². The number of likely N-dealkylation sites (tertiary alicyclic amines) is 1. The Kier molecular flexibility index (Phi) is 6.71. The average molecular weight is 297 g/mol. The standard InChI is InChI=1S/C18H35NO2/c1-13(2)10-16(11-14(3)4)19-9-7-8-15(12-19)18(5,6)17(20)21/h13-16H,7-12H2,1-6H3,(H,20,21). The molecule has 1 rings (SSSR count). The van der Waals surface area contributed by atoms with Crippen LogP contribution in [0.5, 0.6) is 0 Å². The molecule has 3 heteroatoms. The third-order valence-electron chi connectivity index (χ3n) is 5.03. The van der Waals surface area contributed by atoms with E-state index in [4.69, 9.17) is 0 Å². The van der Waals surface area contributed by atoms with Gasteiger partial charge in [-0.15, -0.1) is 0 Å². The van der Waals surface area contributed by atoms with Crippen LogP contribution >= 0.6 is 0 Å². The van der Waals surface area contributed by atoms with Gasteiger partial charge in [0, 0.05) is 12.6 Å². The number of aliphatic carboxylic acids is 1. The van der Waals surface area contributed by atoms with Gasteiger partial charge < -0.3 is 10.0 Å². The lowest BCUT2D eigenvalue weighted by Crippen LogP contribution is -2.49. The lowest BCUT2D eigenvalue weighted by Gasteiger charge is -2.43. The highest BCUT2D eigenvalue weighted by Gasteiger charge is 2.40. The summed E-state index contributed by atoms with van der Waals surface area (Å²) in [4.78, 5) is 14.1. The molecule has 0 aliphatic carbocycles. The first-order chi connectivity index (χ1) is 9.64. The Morgan fingerprint density at radius 1 is 1.19 bits per heavy atom. The average Bonchev–Trinajstić information content (AvgIpc) is 2.36. The van der Waals surface area contributed by atoms with E-state index in [-0.39, 0.29) is 5.92 Å². The smallest absolute Gasteiger partial charge is 0.309 e. The van der Waals surface area contributed by atoms with E-state index in [1.165, 1.54) is 12.8 Å². The van der Waals surface area contributed by atoms with E-state index in [1.54, 1.807) is 0 Å². The molecule has 124 valence electrons. The van der Waals surface area contributed by atoms with Crippen LogP contribution in [-0.4, -0.2) is 35.1 Å². The molecule has 1 fully saturated rings. The van der Waals surface area contributed by atoms with Gasteiger partial charge in [0.15, 0.2) is 0 Å². The van der Waals surface area contributed by atoms with Gasteiger partial charge in [0.2, 0.25) is 0 Å². The summed E-state index contributed by atoms with van der Waals surface area (Å²) in [6, 6.07) is 0.609. The molecule has 1 saturated heterocycles. The Bertz CT molecular complexity index is 326. The van der Waals surface area contributed by atoms with Crippen LogP contribution in [0.15, 0.2) is 0 Å². The molecule has 0 aromatic carbocycles. The molecular weight excluding hydrogens is 262 g/mol. The lowest BCUT2D eigenvalue weighted by atomic mass is 9.74. The summed E-state index contributed by atoms with van der Waals surface area (Å²) in [6.45, 7) is 15.0. The van der Waals surface area contributed by atoms with Gasteiger partial charge in [0.25, 0.3) is 0 Å². The second-order valence-corrected chi connectivity index (χ2v) is 8.27. The van der Waals surface area contributed by atoms with E-state index in [0.29, 0.717) is 17.9 Å². The fraction of sp³-hybridized carbons (Fsp3) is 0.944. The van der Waals surface area contributed by atoms with E-state index >= 15 is 0 Å². The topological polar surface area (TPSA) is 40.5 Å². The molecule has 3 nitrogen and oxygen atoms in total. The second kappa shape index (κ2) is 7.62. The van der Waals surface area contributed by atoms with Crippen LogP contribution in [0.25, 0.3) is 0 Å². The third kappa shape index (κ3) is 5.28. The number of rotatable bonds is 7. The molecule has 0 amide bonds. The fourth-order valence-corrected chi connectivity index (χ4v) is 3.58. The van der Waals surface area contributed by atoms with Gasteiger partial charge in [-0.25, -0.2) is 0 Å². The fourth-order valence-electron chi connectivity index (χ4n) is 3.58. The molecule has 1 aliphatic rings. The van der Waals surface area contributed by atoms with Crippen molar-refractivity contribution in [3.05, 3.63) is 0 Å². The van der Waals surface area contributed by atoms with Crippen LogP contribution in [0.2, 0.25) is 0 Å². The molecular formula is C18H35NO2. The van der Waals surface area contributed by atoms with E-state index in [2.05, 4.69) is 32.6 Å². The van der Waals surface area contributed by atoms with Gasteiger partial charge in [0.05, 0.1) is 5.41 Å². The molecule has 0 saturated carbocycles. The highest BCUT2D eigenvalue weighted by Crippen LogP contribution is 2.36. The number of nitrogens with zero attached hydrogens (tertiary/aromatic N) is 1. The van der Waals surface area contributed by atoms with Crippen molar-refractivity contribution in [2.75, 3.05) is 13.1 Å². The predicted octanol–water partition coefficient (Wildman–Crippen LogP) is 4.27. The molecule has 0 bridgehead atoms. The summed E-state index contributed by atoms with van der Waals surface area (Å²) in [7, 11) is 0. The number of piperidine rings is 1. The van der Waals surface area contributed by atoms with Crippen molar-refractivity contribution in [3.63, 3.8) is 0 Å². The summed E-state index contributed by atoms with van der Waals surface area (Å²) < 4.78 is 0. The maximum Gasteiger partial charge on any atom is 0.309 e. The normalized spacial score (nSPS) is 21.5. The molecule has 0 aromatic rings. The van der Waals surface area contributed by atoms with Crippen molar-refractivity contribution in [3.8, 4) is 0 Å². The van der Waals surface area contributed by atoms with Gasteiger partial charge in [-0.2, -0.15) is 0 Å². The zero-order chi connectivity index (χ0) is 16.2. The Balaban J connectivity index is 2.78. The van der Waals surface area contributed by atoms with E-state index in [1.807, 2.05) is 13.8 Å². The molecule has 0 spiro atoms. The van der Waals surface area contributed by atoms with Crippen LogP contribution in [-0.2, 0) is 4.79 Å². The quantitative estimate of drug-likeness (QED) is 0.763. The van der Waals surface area contributed by atoms with Crippen molar-refractivity contribution in [2.24, 2.45) is 23.2 Å². The maximum atomic E-state index is 11.5. The van der Waals surface area contributed by atoms with E-state index in [0.717, 1.165) is 25.9 Å². The Morgan fingerprint density at radius 3 is 2.14 bits per heavy atom. The summed E-state index contributed by atoms with van der Waals surface area (Å²) >= 11 is 0. The molecule has 1 atom stereocenters. The third-order valence-corrected chi connectivity index (χ3v) is 5.03. The molecule has 1 aliphatic heterocycles. The van der Waals surface area contributed by atoms with Crippen LogP contribution in [0.4, 0.5) is 0 Å². The van der Waals surface area contributed by atoms with Crippen molar-refractivity contribution in [2.45, 2.75) is 73.3 Å². The minimum Gasteiger partial charge on any atom is -0.481 e. The van der Waals surface area contributed by atoms with Crippen LogP contribution in [0, 0.1) is 23.2 Å². The summed E-state index contributed by atoms with van der Waals surface area (Å²) in [5, 5.41) is 9.49. The zero-order valence-electron chi connectivity index (χ0n) is 14.9. The number of hydrogen-bond donors (Lipinski definition) is 1. The van der Waals surface area contributed by atoms with Gasteiger partial charge in [0.1, 0.15) is 0 Å². The first-order valence-corrected chi connectivity index (χ1v) is 8.62. The predicted molar refractivity (Wildman–Crippen MR) is 88.4 cm³/mol. The summed E-state index contributed by atoms with van der Waals surface area (Å²) in [5.74, 6) is 1.01. The molecule has 21 heavy (non-hydrogen) atoms. The molecule has 0 radical (unpaired) electrons. The summed E-state index contributed by atoms with van der Waals surface area (Å²) in [6.07, 6.45) is 4.62. The van der Waals surface area contributed by atoms with Crippen molar-refractivity contribution in [1.82, 2.24) is 4.90 Å². The first kappa shape index (κ1) is 18.5. The number of carboxylic acid groups (broad SMARTS) is 1. The van der Waals surface area contributed by atoms with E-state index < -0.39 is 11.4 Å². The van der Waals surface area contributed by atoms with Crippen LogP contribution in [0.3, 0.4) is 0 Å². The van der Waals surface area contributed by atoms with E-state index in [9.17, 15) is 9.90 Å². The Morgan fingerprint density at radius 2 is 1.71 bits per heavy atom. The largest absolute Gasteiger partial charge is 0.481 e. The molecule has 0 aromatic heterocycles. The minimum atomic E-state index is -0.654. The SMILES string of the molecule is CC(C)CC(CC(C)C)N1CCCC(C(C)(C)C(=O)O)C1. The first-order valence-electron chi connectivity index (χ1n) is 8.62. The Hall–Kier alpha value is -0.570. The number of carboxylic acids is 1. The number of hydrogen-bond acceptors (Lipinski definition) is 2. The van der Waals surface area contributed by atoms with Crippen molar-refractivity contribution < 1.29 is 9.90 Å². The van der Waals surface area contributed by atoms with Gasteiger partial charge in [-0.05, 0) is 63.8 Å². The summed E-state index contributed by atoms with van der Waals surface area (Å²) in [5.41, 5.74) is -0.612. The van der Waals surface area contributed by atoms with Gasteiger partial charge in [-0.1, -0.05) is 27.7 Å². The molecule has 1 N–H and O–H groups in total. The highest BCUT2D eigenvalue weighted by molar-refractivity contribution is 5.74. The second-order valence-electron chi connectivity index (χ2n) is 8.27. The lowest BCUT2D eigenvalue weighted by molar-refractivity contribution is -0.151. The zero-order valence-corrected chi connectivity index (χ0v) is 14.9. The van der Waals surface area contributed by atoms with Crippen molar-refractivity contribution in [1.29, 1.82) is 0 Å². The number of carbonyl (C=O) groups is 1. The molecule has 1 unspecified atom stereocenters. The maximum absolute atomic E-state index is 11.5. The highest BCUT2D eigenvalue weighted by atomic mass is 16.4. The monoisotopic (exact) mass is 297 g/mol. The molecule has 1 heterocycles. The van der Waals surface area contributed by atoms with Crippen molar-refractivity contribution >= 4 is 5.97 Å².